The highest BCUT2D eigenvalue weighted by Crippen LogP contribution is 2.34. The third-order valence-corrected chi connectivity index (χ3v) is 4.91. The van der Waals surface area contributed by atoms with Crippen LogP contribution in [0.3, 0.4) is 0 Å². The molecule has 1 aliphatic rings. The molecular weight excluding hydrogens is 352 g/mol. The van der Waals surface area contributed by atoms with Gasteiger partial charge in [0.05, 0.1) is 6.04 Å². The smallest absolute Gasteiger partial charge is 0.174 e. The Hall–Kier alpha value is -2.73. The molecule has 6 heteroatoms. The molecule has 0 saturated carbocycles. The predicted molar refractivity (Wildman–Crippen MR) is 102 cm³/mol. The highest BCUT2D eigenvalue weighted by atomic mass is 32.1. The second-order valence-corrected chi connectivity index (χ2v) is 6.57. The Bertz CT molecular complexity index is 953. The summed E-state index contributed by atoms with van der Waals surface area (Å²) in [5, 5.41) is 3.52. The van der Waals surface area contributed by atoms with Crippen molar-refractivity contribution in [3.8, 4) is 0 Å². The Balaban J connectivity index is 1.70. The molecule has 2 heterocycles. The standard InChI is InChI=1S/C20H17F2N3S/c21-14-5-3-6-15(13-14)23-20(26)25-12-11-24-10-4-9-18(24)19(25)16-7-1-2-8-17(16)22/h1-10,13,19H,11-12H2,(H,23,26)/t19-/m0/s1. The molecule has 0 unspecified atom stereocenters. The first-order valence-electron chi connectivity index (χ1n) is 8.36. The third kappa shape index (κ3) is 3.08. The van der Waals surface area contributed by atoms with E-state index in [-0.39, 0.29) is 17.7 Å². The zero-order valence-corrected chi connectivity index (χ0v) is 14.7. The summed E-state index contributed by atoms with van der Waals surface area (Å²) >= 11 is 5.58. The van der Waals surface area contributed by atoms with E-state index in [9.17, 15) is 8.78 Å². The van der Waals surface area contributed by atoms with Crippen molar-refractivity contribution < 1.29 is 8.78 Å². The monoisotopic (exact) mass is 369 g/mol. The minimum atomic E-state index is -0.339. The van der Waals surface area contributed by atoms with Gasteiger partial charge in [-0.1, -0.05) is 24.3 Å². The second kappa shape index (κ2) is 6.88. The summed E-state index contributed by atoms with van der Waals surface area (Å²) in [6.07, 6.45) is 1.99. The third-order valence-electron chi connectivity index (χ3n) is 4.57. The van der Waals surface area contributed by atoms with Gasteiger partial charge in [-0.05, 0) is 48.6 Å². The van der Waals surface area contributed by atoms with Crippen LogP contribution in [0.4, 0.5) is 14.5 Å². The van der Waals surface area contributed by atoms with Gasteiger partial charge in [0.2, 0.25) is 0 Å². The minimum Gasteiger partial charge on any atom is -0.348 e. The maximum Gasteiger partial charge on any atom is 0.174 e. The molecule has 2 aromatic carbocycles. The molecule has 132 valence electrons. The lowest BCUT2D eigenvalue weighted by atomic mass is 10.00. The van der Waals surface area contributed by atoms with Crippen LogP contribution in [0.1, 0.15) is 17.3 Å². The molecule has 1 N–H and O–H groups in total. The number of anilines is 1. The van der Waals surface area contributed by atoms with Crippen LogP contribution in [0.5, 0.6) is 0 Å². The van der Waals surface area contributed by atoms with E-state index in [2.05, 4.69) is 9.88 Å². The largest absolute Gasteiger partial charge is 0.348 e. The van der Waals surface area contributed by atoms with Crippen LogP contribution in [-0.2, 0) is 6.54 Å². The summed E-state index contributed by atoms with van der Waals surface area (Å²) in [7, 11) is 0. The fourth-order valence-electron chi connectivity index (χ4n) is 3.39. The molecule has 4 rings (SSSR count). The molecular formula is C20H17F2N3S. The van der Waals surface area contributed by atoms with Gasteiger partial charge in [-0.3, -0.25) is 0 Å². The average Bonchev–Trinajstić information content (AvgIpc) is 3.10. The minimum absolute atomic E-state index is 0.272. The molecule has 3 nitrogen and oxygen atoms in total. The molecule has 0 radical (unpaired) electrons. The first-order valence-corrected chi connectivity index (χ1v) is 8.77. The summed E-state index contributed by atoms with van der Waals surface area (Å²) < 4.78 is 30.1. The lowest BCUT2D eigenvalue weighted by Gasteiger charge is -2.39. The van der Waals surface area contributed by atoms with Crippen molar-refractivity contribution in [2.24, 2.45) is 0 Å². The molecule has 0 amide bonds. The van der Waals surface area contributed by atoms with Crippen LogP contribution in [0.25, 0.3) is 0 Å². The maximum atomic E-state index is 14.5. The molecule has 26 heavy (non-hydrogen) atoms. The van der Waals surface area contributed by atoms with Crippen molar-refractivity contribution in [3.05, 3.63) is 89.8 Å². The summed E-state index contributed by atoms with van der Waals surface area (Å²) in [6, 6.07) is 16.5. The quantitative estimate of drug-likeness (QED) is 0.669. The molecule has 0 saturated heterocycles. The van der Waals surface area contributed by atoms with Crippen LogP contribution in [0.15, 0.2) is 66.9 Å². The maximum absolute atomic E-state index is 14.5. The Morgan fingerprint density at radius 3 is 2.65 bits per heavy atom. The van der Waals surface area contributed by atoms with E-state index in [0.29, 0.717) is 22.9 Å². The van der Waals surface area contributed by atoms with Gasteiger partial charge in [-0.25, -0.2) is 8.78 Å². The molecule has 0 fully saturated rings. The number of aromatic nitrogens is 1. The zero-order valence-electron chi connectivity index (χ0n) is 13.9. The summed E-state index contributed by atoms with van der Waals surface area (Å²) in [4.78, 5) is 1.95. The molecule has 3 aromatic rings. The van der Waals surface area contributed by atoms with Crippen LogP contribution in [0, 0.1) is 11.6 Å². The van der Waals surface area contributed by atoms with Crippen molar-refractivity contribution in [1.29, 1.82) is 0 Å². The van der Waals surface area contributed by atoms with Crippen LogP contribution in [0.2, 0.25) is 0 Å². The van der Waals surface area contributed by atoms with E-state index in [1.807, 2.05) is 29.3 Å². The summed E-state index contributed by atoms with van der Waals surface area (Å²) in [5.74, 6) is -0.610. The number of fused-ring (bicyclic) bond motifs is 1. The van der Waals surface area contributed by atoms with E-state index < -0.39 is 0 Å². The van der Waals surface area contributed by atoms with Gasteiger partial charge in [0.15, 0.2) is 5.11 Å². The first-order chi connectivity index (χ1) is 12.6. The second-order valence-electron chi connectivity index (χ2n) is 6.18. The average molecular weight is 369 g/mol. The number of hydrogen-bond donors (Lipinski definition) is 1. The van der Waals surface area contributed by atoms with E-state index in [4.69, 9.17) is 12.2 Å². The fourth-order valence-corrected chi connectivity index (χ4v) is 3.70. The van der Waals surface area contributed by atoms with Crippen molar-refractivity contribution in [2.45, 2.75) is 12.6 Å². The van der Waals surface area contributed by atoms with Gasteiger partial charge < -0.3 is 14.8 Å². The number of rotatable bonds is 2. The number of hydrogen-bond acceptors (Lipinski definition) is 1. The number of nitrogens with zero attached hydrogens (tertiary/aromatic N) is 2. The van der Waals surface area contributed by atoms with Crippen molar-refractivity contribution in [2.75, 3.05) is 11.9 Å². The Morgan fingerprint density at radius 1 is 1.00 bits per heavy atom. The Labute approximate surface area is 155 Å². The van der Waals surface area contributed by atoms with Gasteiger partial charge in [0.1, 0.15) is 11.6 Å². The predicted octanol–water partition coefficient (Wildman–Crippen LogP) is 4.57. The SMILES string of the molecule is Fc1cccc(NC(=S)N2CCn3cccc3[C@@H]2c2ccccc2F)c1. The van der Waals surface area contributed by atoms with E-state index in [1.165, 1.54) is 18.2 Å². The topological polar surface area (TPSA) is 20.2 Å². The Morgan fingerprint density at radius 2 is 1.85 bits per heavy atom. The lowest BCUT2D eigenvalue weighted by molar-refractivity contribution is 0.288. The molecule has 0 aliphatic carbocycles. The van der Waals surface area contributed by atoms with Crippen molar-refractivity contribution in [3.63, 3.8) is 0 Å². The number of benzene rings is 2. The van der Waals surface area contributed by atoms with Gasteiger partial charge in [0, 0.05) is 36.2 Å². The Kier molecular flexibility index (Phi) is 4.42. The van der Waals surface area contributed by atoms with Gasteiger partial charge in [0.25, 0.3) is 0 Å². The van der Waals surface area contributed by atoms with E-state index in [0.717, 1.165) is 12.2 Å². The zero-order chi connectivity index (χ0) is 18.1. The van der Waals surface area contributed by atoms with E-state index in [1.54, 1.807) is 24.3 Å². The highest BCUT2D eigenvalue weighted by Gasteiger charge is 2.32. The fraction of sp³-hybridized carbons (Fsp3) is 0.150. The van der Waals surface area contributed by atoms with Crippen LogP contribution in [-0.4, -0.2) is 21.1 Å². The van der Waals surface area contributed by atoms with Gasteiger partial charge >= 0.3 is 0 Å². The number of halogens is 2. The highest BCUT2D eigenvalue weighted by molar-refractivity contribution is 7.80. The van der Waals surface area contributed by atoms with Crippen LogP contribution >= 0.6 is 12.2 Å². The van der Waals surface area contributed by atoms with Gasteiger partial charge in [-0.15, -0.1) is 0 Å². The van der Waals surface area contributed by atoms with Crippen molar-refractivity contribution >= 4 is 23.0 Å². The first kappa shape index (κ1) is 16.7. The number of thiocarbonyl (C=S) groups is 1. The molecule has 1 aliphatic heterocycles. The normalized spacial score (nSPS) is 16.2. The molecule has 1 aromatic heterocycles. The lowest BCUT2D eigenvalue weighted by Crippen LogP contribution is -2.44. The summed E-state index contributed by atoms with van der Waals surface area (Å²) in [6.45, 7) is 1.38. The van der Waals surface area contributed by atoms with Crippen molar-refractivity contribution in [1.82, 2.24) is 9.47 Å². The van der Waals surface area contributed by atoms with Gasteiger partial charge in [-0.2, -0.15) is 0 Å². The van der Waals surface area contributed by atoms with E-state index >= 15 is 0 Å². The van der Waals surface area contributed by atoms with Crippen LogP contribution < -0.4 is 5.32 Å². The molecule has 1 atom stereocenters. The number of nitrogens with one attached hydrogen (secondary N) is 1. The molecule has 0 bridgehead atoms. The summed E-state index contributed by atoms with van der Waals surface area (Å²) in [5.41, 5.74) is 2.11. The molecule has 0 spiro atoms.